The molecular formula is C19H26N2O3. The van der Waals surface area contributed by atoms with Gasteiger partial charge >= 0.3 is 6.09 Å². The number of para-hydroxylation sites is 1. The van der Waals surface area contributed by atoms with Crippen LogP contribution >= 0.6 is 0 Å². The fourth-order valence-corrected chi connectivity index (χ4v) is 3.38. The first kappa shape index (κ1) is 16.8. The lowest BCUT2D eigenvalue weighted by Crippen LogP contribution is -2.42. The fourth-order valence-electron chi connectivity index (χ4n) is 3.38. The number of likely N-dealkylation sites (tertiary alicyclic amines) is 1. The number of carbonyl (C=O) groups is 1. The minimum atomic E-state index is -0.458. The minimum absolute atomic E-state index is 0.0398. The third-order valence-electron chi connectivity index (χ3n) is 4.50. The molecule has 1 saturated heterocycles. The monoisotopic (exact) mass is 330 g/mol. The predicted octanol–water partition coefficient (Wildman–Crippen LogP) is 3.71. The second kappa shape index (κ2) is 6.48. The van der Waals surface area contributed by atoms with E-state index in [2.05, 4.69) is 22.9 Å². The van der Waals surface area contributed by atoms with Crippen molar-refractivity contribution in [1.29, 1.82) is 0 Å². The van der Waals surface area contributed by atoms with Crippen LogP contribution in [0.4, 0.5) is 4.79 Å². The van der Waals surface area contributed by atoms with Crippen molar-refractivity contribution >= 4 is 17.0 Å². The van der Waals surface area contributed by atoms with Crippen LogP contribution in [0.15, 0.2) is 30.5 Å². The van der Waals surface area contributed by atoms with E-state index in [9.17, 15) is 9.90 Å². The van der Waals surface area contributed by atoms with Crippen LogP contribution in [0.1, 0.15) is 45.2 Å². The van der Waals surface area contributed by atoms with Gasteiger partial charge < -0.3 is 19.3 Å². The zero-order valence-corrected chi connectivity index (χ0v) is 14.7. The molecule has 0 radical (unpaired) electrons. The molecule has 3 rings (SSSR count). The van der Waals surface area contributed by atoms with Gasteiger partial charge in [-0.05, 0) is 45.1 Å². The van der Waals surface area contributed by atoms with Gasteiger partial charge in [-0.15, -0.1) is 0 Å². The highest BCUT2D eigenvalue weighted by Crippen LogP contribution is 2.30. The van der Waals surface area contributed by atoms with E-state index >= 15 is 0 Å². The van der Waals surface area contributed by atoms with Crippen molar-refractivity contribution in [2.24, 2.45) is 0 Å². The summed E-state index contributed by atoms with van der Waals surface area (Å²) in [6.07, 6.45) is 3.65. The van der Waals surface area contributed by atoms with Crippen molar-refractivity contribution in [2.75, 3.05) is 13.1 Å². The Bertz CT molecular complexity index is 722. The Balaban J connectivity index is 1.73. The Kier molecular flexibility index (Phi) is 4.54. The lowest BCUT2D eigenvalue weighted by molar-refractivity contribution is 0.0189. The molecule has 2 heterocycles. The Morgan fingerprint density at radius 3 is 2.58 bits per heavy atom. The molecule has 0 unspecified atom stereocenters. The second-order valence-corrected chi connectivity index (χ2v) is 7.43. The lowest BCUT2D eigenvalue weighted by Gasteiger charge is -2.34. The van der Waals surface area contributed by atoms with E-state index in [4.69, 9.17) is 4.74 Å². The van der Waals surface area contributed by atoms with Crippen molar-refractivity contribution in [2.45, 2.75) is 51.9 Å². The van der Waals surface area contributed by atoms with Gasteiger partial charge in [0.05, 0.1) is 12.1 Å². The largest absolute Gasteiger partial charge is 0.444 e. The van der Waals surface area contributed by atoms with Gasteiger partial charge in [-0.1, -0.05) is 18.2 Å². The maximum atomic E-state index is 12.2. The lowest BCUT2D eigenvalue weighted by atomic mass is 10.0. The number of hydrogen-bond donors (Lipinski definition) is 1. The van der Waals surface area contributed by atoms with Gasteiger partial charge in [-0.25, -0.2) is 4.79 Å². The molecule has 1 aromatic carbocycles. The normalized spacial score (nSPS) is 16.6. The van der Waals surface area contributed by atoms with Gasteiger partial charge in [0.2, 0.25) is 0 Å². The van der Waals surface area contributed by atoms with Gasteiger partial charge in [0, 0.05) is 30.9 Å². The number of fused-ring (bicyclic) bond motifs is 1. The predicted molar refractivity (Wildman–Crippen MR) is 93.9 cm³/mol. The highest BCUT2D eigenvalue weighted by Gasteiger charge is 2.28. The van der Waals surface area contributed by atoms with Crippen molar-refractivity contribution in [1.82, 2.24) is 9.47 Å². The fraction of sp³-hybridized carbons (Fsp3) is 0.526. The molecule has 130 valence electrons. The third kappa shape index (κ3) is 3.41. The number of carbonyl (C=O) groups excluding carboxylic acids is 1. The highest BCUT2D eigenvalue weighted by atomic mass is 16.6. The zero-order valence-electron chi connectivity index (χ0n) is 14.7. The third-order valence-corrected chi connectivity index (χ3v) is 4.50. The second-order valence-electron chi connectivity index (χ2n) is 7.43. The molecule has 0 saturated carbocycles. The molecule has 5 nitrogen and oxygen atoms in total. The van der Waals surface area contributed by atoms with Crippen LogP contribution in [-0.4, -0.2) is 39.4 Å². The van der Waals surface area contributed by atoms with Crippen LogP contribution in [0.25, 0.3) is 10.9 Å². The standard InChI is InChI=1S/C19H26N2O3/c1-19(2,3)24-18(23)20-10-8-16(9-11-20)21-12-7-14-5-4-6-15(13-22)17(14)21/h4-7,12,16,22H,8-11,13H2,1-3H3. The SMILES string of the molecule is CC(C)(C)OC(=O)N1CCC(n2ccc3cccc(CO)c32)CC1. The zero-order chi connectivity index (χ0) is 17.3. The molecule has 0 aliphatic carbocycles. The molecule has 1 fully saturated rings. The number of rotatable bonds is 2. The van der Waals surface area contributed by atoms with Gasteiger partial charge in [0.1, 0.15) is 5.60 Å². The van der Waals surface area contributed by atoms with Gasteiger partial charge in [-0.3, -0.25) is 0 Å². The summed E-state index contributed by atoms with van der Waals surface area (Å²) in [6.45, 7) is 7.10. The van der Waals surface area contributed by atoms with E-state index in [0.717, 1.165) is 29.3 Å². The first-order valence-electron chi connectivity index (χ1n) is 8.56. The van der Waals surface area contributed by atoms with Crippen LogP contribution in [-0.2, 0) is 11.3 Å². The maximum Gasteiger partial charge on any atom is 0.410 e. The molecule has 0 bridgehead atoms. The summed E-state index contributed by atoms with van der Waals surface area (Å²) in [5, 5.41) is 10.8. The average molecular weight is 330 g/mol. The molecule has 1 aliphatic rings. The van der Waals surface area contributed by atoms with Crippen LogP contribution in [0.3, 0.4) is 0 Å². The minimum Gasteiger partial charge on any atom is -0.444 e. The van der Waals surface area contributed by atoms with Gasteiger partial charge in [-0.2, -0.15) is 0 Å². The number of aliphatic hydroxyl groups excluding tert-OH is 1. The smallest absolute Gasteiger partial charge is 0.410 e. The van der Waals surface area contributed by atoms with Crippen molar-refractivity contribution < 1.29 is 14.6 Å². The number of ether oxygens (including phenoxy) is 1. The van der Waals surface area contributed by atoms with Crippen LogP contribution < -0.4 is 0 Å². The molecule has 0 atom stereocenters. The van der Waals surface area contributed by atoms with E-state index in [0.29, 0.717) is 19.1 Å². The Hall–Kier alpha value is -2.01. The number of aliphatic hydroxyl groups is 1. The summed E-state index contributed by atoms with van der Waals surface area (Å²) in [4.78, 5) is 14.0. The van der Waals surface area contributed by atoms with E-state index in [1.807, 2.05) is 32.9 Å². The number of aromatic nitrogens is 1. The summed E-state index contributed by atoms with van der Waals surface area (Å²) >= 11 is 0. The van der Waals surface area contributed by atoms with Crippen molar-refractivity contribution in [3.05, 3.63) is 36.0 Å². The first-order chi connectivity index (χ1) is 11.4. The average Bonchev–Trinajstić information content (AvgIpc) is 2.97. The Morgan fingerprint density at radius 2 is 1.96 bits per heavy atom. The molecule has 1 aromatic heterocycles. The summed E-state index contributed by atoms with van der Waals surface area (Å²) in [5.41, 5.74) is 1.60. The first-order valence-corrected chi connectivity index (χ1v) is 8.56. The Labute approximate surface area is 142 Å². The van der Waals surface area contributed by atoms with E-state index in [1.54, 1.807) is 4.90 Å². The molecule has 5 heteroatoms. The molecule has 2 aromatic rings. The summed E-state index contributed by atoms with van der Waals surface area (Å²) in [5.74, 6) is 0. The topological polar surface area (TPSA) is 54.7 Å². The van der Waals surface area contributed by atoms with Crippen LogP contribution in [0.5, 0.6) is 0 Å². The molecule has 1 amide bonds. The molecular weight excluding hydrogens is 304 g/mol. The number of amides is 1. The molecule has 1 N–H and O–H groups in total. The maximum absolute atomic E-state index is 12.2. The molecule has 0 spiro atoms. The van der Waals surface area contributed by atoms with Gasteiger partial charge in [0.15, 0.2) is 0 Å². The number of benzene rings is 1. The van der Waals surface area contributed by atoms with Crippen molar-refractivity contribution in [3.8, 4) is 0 Å². The summed E-state index contributed by atoms with van der Waals surface area (Å²) in [6, 6.07) is 8.45. The van der Waals surface area contributed by atoms with Crippen molar-refractivity contribution in [3.63, 3.8) is 0 Å². The van der Waals surface area contributed by atoms with E-state index < -0.39 is 5.60 Å². The number of nitrogens with zero attached hydrogens (tertiary/aromatic N) is 2. The van der Waals surface area contributed by atoms with E-state index in [-0.39, 0.29) is 12.7 Å². The van der Waals surface area contributed by atoms with E-state index in [1.165, 1.54) is 0 Å². The van der Waals surface area contributed by atoms with Gasteiger partial charge in [0.25, 0.3) is 0 Å². The summed E-state index contributed by atoms with van der Waals surface area (Å²) in [7, 11) is 0. The molecule has 24 heavy (non-hydrogen) atoms. The number of piperidine rings is 1. The summed E-state index contributed by atoms with van der Waals surface area (Å²) < 4.78 is 7.71. The number of hydrogen-bond acceptors (Lipinski definition) is 3. The van der Waals surface area contributed by atoms with Crippen LogP contribution in [0.2, 0.25) is 0 Å². The Morgan fingerprint density at radius 1 is 1.25 bits per heavy atom. The quantitative estimate of drug-likeness (QED) is 0.913. The molecule has 1 aliphatic heterocycles. The highest BCUT2D eigenvalue weighted by molar-refractivity contribution is 5.83. The van der Waals surface area contributed by atoms with Crippen LogP contribution in [0, 0.1) is 0 Å².